The average Bonchev–Trinajstić information content (AvgIpc) is 2.87. The zero-order valence-electron chi connectivity index (χ0n) is 28.2. The van der Waals surface area contributed by atoms with Gasteiger partial charge < -0.3 is 25.3 Å². The van der Waals surface area contributed by atoms with Crippen LogP contribution in [0.1, 0.15) is 112 Å². The van der Waals surface area contributed by atoms with Gasteiger partial charge in [-0.3, -0.25) is 9.83 Å². The molecule has 3 aliphatic rings. The number of alkyl carbamates (subject to hydrolysis) is 1. The Morgan fingerprint density at radius 2 is 1.61 bits per heavy atom. The molecular weight excluding hydrogens is 567 g/mol. The number of amidine groups is 1. The summed E-state index contributed by atoms with van der Waals surface area (Å²) in [5.74, 6) is 1.00. The maximum atomic E-state index is 15.4. The van der Waals surface area contributed by atoms with E-state index in [-0.39, 0.29) is 24.1 Å². The van der Waals surface area contributed by atoms with Crippen molar-refractivity contribution in [2.24, 2.45) is 16.1 Å². The Kier molecular flexibility index (Phi) is 10.5. The molecule has 2 fully saturated rings. The molecule has 10 nitrogen and oxygen atoms in total. The summed E-state index contributed by atoms with van der Waals surface area (Å²) in [5.41, 5.74) is 6.90. The van der Waals surface area contributed by atoms with Crippen LogP contribution in [0.4, 0.5) is 14.0 Å². The second-order valence-electron chi connectivity index (χ2n) is 14.7. The topological polar surface area (TPSA) is 134 Å². The van der Waals surface area contributed by atoms with Crippen LogP contribution in [0, 0.1) is 5.41 Å². The van der Waals surface area contributed by atoms with E-state index in [1.54, 1.807) is 20.8 Å². The van der Waals surface area contributed by atoms with Gasteiger partial charge in [-0.05, 0) is 123 Å². The van der Waals surface area contributed by atoms with Gasteiger partial charge >= 0.3 is 12.2 Å². The summed E-state index contributed by atoms with van der Waals surface area (Å²) < 4.78 is 32.1. The predicted molar refractivity (Wildman–Crippen MR) is 169 cm³/mol. The lowest BCUT2D eigenvalue weighted by Crippen LogP contribution is -2.62. The number of hydroxylamine groups is 1. The quantitative estimate of drug-likeness (QED) is 0.179. The summed E-state index contributed by atoms with van der Waals surface area (Å²) in [6.07, 6.45) is 2.33. The van der Waals surface area contributed by atoms with Gasteiger partial charge in [0.2, 0.25) is 0 Å². The minimum absolute atomic E-state index is 0.0105. The summed E-state index contributed by atoms with van der Waals surface area (Å²) >= 11 is 0. The lowest BCUT2D eigenvalue weighted by Gasteiger charge is -2.59. The Morgan fingerprint density at radius 1 is 1.02 bits per heavy atom. The standard InChI is InChI=1S/C31H47FN4O6.C2H6/c1-27(2,3)40-25(37)35-21-14-30(15-21)16-31(32,17-30)18-34-24(33)20-9-11-22-19(13-20)10-12-23(39-22)29(7,8)42-36-26(38)41-28(4,5)6;1-2/h9,11,13,21,23H,10,12,14-18H2,1-8H3,(H2,33,34)(H,35,37)(H,36,38);1-2H3. The number of nitrogens with two attached hydrogens (primary N) is 1. The van der Waals surface area contributed by atoms with Crippen molar-refractivity contribution in [3.63, 3.8) is 0 Å². The van der Waals surface area contributed by atoms with Crippen molar-refractivity contribution in [2.75, 3.05) is 6.54 Å². The van der Waals surface area contributed by atoms with Crippen molar-refractivity contribution < 1.29 is 33.0 Å². The van der Waals surface area contributed by atoms with Gasteiger partial charge in [-0.25, -0.2) is 14.0 Å². The first-order valence-corrected chi connectivity index (χ1v) is 15.7. The van der Waals surface area contributed by atoms with Crippen LogP contribution in [-0.2, 0) is 20.7 Å². The molecule has 0 bridgehead atoms. The molecule has 4 N–H and O–H groups in total. The number of hydrogen-bond donors (Lipinski definition) is 3. The van der Waals surface area contributed by atoms with Gasteiger partial charge in [-0.2, -0.15) is 5.48 Å². The predicted octanol–water partition coefficient (Wildman–Crippen LogP) is 6.52. The molecule has 1 aliphatic heterocycles. The molecule has 1 aromatic rings. The van der Waals surface area contributed by atoms with E-state index in [9.17, 15) is 9.59 Å². The van der Waals surface area contributed by atoms with Gasteiger partial charge in [0.1, 0.15) is 40.2 Å². The number of nitrogens with one attached hydrogen (secondary N) is 2. The van der Waals surface area contributed by atoms with E-state index in [2.05, 4.69) is 15.8 Å². The van der Waals surface area contributed by atoms with E-state index in [1.807, 2.05) is 66.7 Å². The third kappa shape index (κ3) is 9.46. The number of rotatable bonds is 7. The second kappa shape index (κ2) is 13.1. The molecule has 2 amide bonds. The van der Waals surface area contributed by atoms with Crippen LogP contribution in [0.25, 0.3) is 0 Å². The summed E-state index contributed by atoms with van der Waals surface area (Å²) in [5, 5.41) is 2.88. The molecule has 1 atom stereocenters. The van der Waals surface area contributed by atoms with Crippen LogP contribution in [0.15, 0.2) is 23.2 Å². The molecule has 2 saturated carbocycles. The van der Waals surface area contributed by atoms with E-state index in [4.69, 9.17) is 24.8 Å². The molecule has 4 rings (SSSR count). The zero-order valence-corrected chi connectivity index (χ0v) is 28.2. The van der Waals surface area contributed by atoms with Crippen molar-refractivity contribution in [3.8, 4) is 5.75 Å². The van der Waals surface area contributed by atoms with E-state index >= 15 is 4.39 Å². The highest BCUT2D eigenvalue weighted by Gasteiger charge is 2.61. The number of carbonyl (C=O) groups is 2. The van der Waals surface area contributed by atoms with Gasteiger partial charge in [0, 0.05) is 11.6 Å². The number of ether oxygens (including phenoxy) is 3. The number of amides is 2. The summed E-state index contributed by atoms with van der Waals surface area (Å²) in [4.78, 5) is 34.0. The van der Waals surface area contributed by atoms with E-state index in [0.29, 0.717) is 37.3 Å². The number of fused-ring (bicyclic) bond motifs is 1. The lowest BCUT2D eigenvalue weighted by molar-refractivity contribution is -0.138. The fourth-order valence-electron chi connectivity index (χ4n) is 6.15. The number of hydrogen-bond acceptors (Lipinski definition) is 7. The Labute approximate surface area is 262 Å². The normalized spacial score (nSPS) is 26.5. The van der Waals surface area contributed by atoms with Gasteiger partial charge in [-0.1, -0.05) is 13.8 Å². The number of aliphatic imine (C=N–C) groups is 1. The molecular formula is C33H53FN4O6. The van der Waals surface area contributed by atoms with Gasteiger partial charge in [0.05, 0.1) is 6.54 Å². The van der Waals surface area contributed by atoms with Crippen LogP contribution in [0.2, 0.25) is 0 Å². The number of carbonyl (C=O) groups excluding carboxylic acids is 2. The van der Waals surface area contributed by atoms with Crippen molar-refractivity contribution in [3.05, 3.63) is 29.3 Å². The minimum atomic E-state index is -1.38. The first-order valence-electron chi connectivity index (χ1n) is 15.7. The van der Waals surface area contributed by atoms with Gasteiger partial charge in [-0.15, -0.1) is 0 Å². The van der Waals surface area contributed by atoms with Gasteiger partial charge in [0.15, 0.2) is 0 Å². The molecule has 1 spiro atoms. The fraction of sp³-hybridized carbons (Fsp3) is 0.727. The van der Waals surface area contributed by atoms with Crippen LogP contribution in [-0.4, -0.2) is 59.2 Å². The zero-order chi connectivity index (χ0) is 33.1. The van der Waals surface area contributed by atoms with Crippen molar-refractivity contribution >= 4 is 18.0 Å². The molecule has 11 heteroatoms. The largest absolute Gasteiger partial charge is 0.487 e. The molecule has 0 aromatic heterocycles. The molecule has 0 radical (unpaired) electrons. The smallest absolute Gasteiger partial charge is 0.431 e. The molecule has 1 unspecified atom stereocenters. The Balaban J connectivity index is 0.00000259. The molecule has 1 heterocycles. The third-order valence-electron chi connectivity index (χ3n) is 7.87. The molecule has 1 aromatic carbocycles. The van der Waals surface area contributed by atoms with E-state index in [0.717, 1.165) is 24.0 Å². The molecule has 44 heavy (non-hydrogen) atoms. The summed E-state index contributed by atoms with van der Waals surface area (Å²) in [6.45, 7) is 18.5. The van der Waals surface area contributed by atoms with Crippen LogP contribution in [0.5, 0.6) is 5.75 Å². The first-order chi connectivity index (χ1) is 20.3. The summed E-state index contributed by atoms with van der Waals surface area (Å²) in [6, 6.07) is 5.61. The van der Waals surface area contributed by atoms with Crippen molar-refractivity contribution in [1.82, 2.24) is 10.8 Å². The molecule has 248 valence electrons. The van der Waals surface area contributed by atoms with Crippen molar-refractivity contribution in [2.45, 2.75) is 142 Å². The number of alkyl halides is 1. The number of halogens is 1. The first kappa shape index (κ1) is 35.4. The van der Waals surface area contributed by atoms with E-state index < -0.39 is 34.7 Å². The number of nitrogens with zero attached hydrogens (tertiary/aromatic N) is 1. The highest BCUT2D eigenvalue weighted by molar-refractivity contribution is 5.97. The average molecular weight is 621 g/mol. The monoisotopic (exact) mass is 620 g/mol. The highest BCUT2D eigenvalue weighted by Crippen LogP contribution is 2.62. The minimum Gasteiger partial charge on any atom is -0.487 e. The maximum absolute atomic E-state index is 15.4. The SMILES string of the molecule is CC.CC(C)(C)OC(=O)NOC(C)(C)C1CCc2cc(C(N)=NCC3(F)CC4(CC(NC(=O)OC(C)(C)C)C4)C3)ccc2O1. The Morgan fingerprint density at radius 3 is 2.20 bits per heavy atom. The van der Waals surface area contributed by atoms with Gasteiger partial charge in [0.25, 0.3) is 0 Å². The molecule has 0 saturated heterocycles. The van der Waals surface area contributed by atoms with Crippen LogP contribution >= 0.6 is 0 Å². The second-order valence-corrected chi connectivity index (χ2v) is 14.7. The lowest BCUT2D eigenvalue weighted by atomic mass is 9.49. The third-order valence-corrected chi connectivity index (χ3v) is 7.87. The van der Waals surface area contributed by atoms with Crippen LogP contribution < -0.4 is 21.3 Å². The fourth-order valence-corrected chi connectivity index (χ4v) is 6.15. The number of benzene rings is 1. The van der Waals surface area contributed by atoms with E-state index in [1.165, 1.54) is 0 Å². The molecule has 2 aliphatic carbocycles. The van der Waals surface area contributed by atoms with Crippen LogP contribution in [0.3, 0.4) is 0 Å². The Bertz CT molecular complexity index is 1210. The highest BCUT2D eigenvalue weighted by atomic mass is 19.1. The maximum Gasteiger partial charge on any atom is 0.431 e. The Hall–Kier alpha value is -3.08. The van der Waals surface area contributed by atoms with Crippen molar-refractivity contribution in [1.29, 1.82) is 0 Å². The summed E-state index contributed by atoms with van der Waals surface area (Å²) in [7, 11) is 0. The number of aryl methyl sites for hydroxylation is 1.